The second-order valence-corrected chi connectivity index (χ2v) is 12.9. The average Bonchev–Trinajstić information content (AvgIpc) is 4.02. The molecule has 7 rings (SSSR count). The molecule has 47 heavy (non-hydrogen) atoms. The van der Waals surface area contributed by atoms with Gasteiger partial charge in [0.25, 0.3) is 0 Å². The molecular formula is C34H33F3N6O3S. The molecule has 1 unspecified atom stereocenters. The molecule has 1 aromatic heterocycles. The number of anilines is 2. The number of aromatic nitrogens is 2. The van der Waals surface area contributed by atoms with Crippen LogP contribution < -0.4 is 25.3 Å². The molecule has 0 spiro atoms. The number of piperidine rings is 1. The lowest BCUT2D eigenvalue weighted by Crippen LogP contribution is -2.39. The fraction of sp³-hybridized carbons (Fsp3) is 0.324. The number of para-hydroxylation sites is 1. The van der Waals surface area contributed by atoms with Crippen molar-refractivity contribution < 1.29 is 27.4 Å². The van der Waals surface area contributed by atoms with Crippen LogP contribution in [0.1, 0.15) is 49.7 Å². The van der Waals surface area contributed by atoms with Crippen molar-refractivity contribution in [1.82, 2.24) is 14.3 Å². The van der Waals surface area contributed by atoms with E-state index in [1.165, 1.54) is 6.33 Å². The number of ether oxygens (including phenoxy) is 3. The highest BCUT2D eigenvalue weighted by molar-refractivity contribution is 7.97. The van der Waals surface area contributed by atoms with E-state index in [0.29, 0.717) is 41.5 Å². The van der Waals surface area contributed by atoms with Crippen molar-refractivity contribution in [2.75, 3.05) is 24.1 Å². The number of halogens is 3. The summed E-state index contributed by atoms with van der Waals surface area (Å²) in [5.74, 6) is -3.00. The monoisotopic (exact) mass is 662 g/mol. The summed E-state index contributed by atoms with van der Waals surface area (Å²) in [5.41, 5.74) is 7.39. The highest BCUT2D eigenvalue weighted by atomic mass is 32.2. The molecule has 0 radical (unpaired) electrons. The quantitative estimate of drug-likeness (QED) is 0.0813. The molecule has 3 aromatic carbocycles. The van der Waals surface area contributed by atoms with Crippen LogP contribution in [0.2, 0.25) is 0 Å². The van der Waals surface area contributed by atoms with Gasteiger partial charge in [0.1, 0.15) is 34.4 Å². The zero-order valence-corrected chi connectivity index (χ0v) is 26.2. The van der Waals surface area contributed by atoms with E-state index >= 15 is 8.78 Å². The van der Waals surface area contributed by atoms with Gasteiger partial charge in [0.2, 0.25) is 17.5 Å². The fourth-order valence-corrected chi connectivity index (χ4v) is 6.45. The van der Waals surface area contributed by atoms with Crippen molar-refractivity contribution in [3.8, 4) is 23.0 Å². The molecule has 1 atom stereocenters. The highest BCUT2D eigenvalue weighted by Crippen LogP contribution is 2.48. The number of nitrogens with zero attached hydrogens (tertiary/aromatic N) is 3. The first-order chi connectivity index (χ1) is 22.8. The van der Waals surface area contributed by atoms with E-state index in [0.717, 1.165) is 50.5 Å². The van der Waals surface area contributed by atoms with Crippen molar-refractivity contribution in [2.24, 2.45) is 0 Å². The molecule has 1 aliphatic heterocycles. The van der Waals surface area contributed by atoms with Crippen LogP contribution in [0, 0.1) is 22.9 Å². The van der Waals surface area contributed by atoms with Crippen molar-refractivity contribution in [3.05, 3.63) is 89.5 Å². The number of hydrogen-bond donors (Lipinski definition) is 3. The molecule has 4 aromatic rings. The first-order valence-corrected chi connectivity index (χ1v) is 16.4. The zero-order chi connectivity index (χ0) is 32.5. The van der Waals surface area contributed by atoms with Crippen LogP contribution in [0.4, 0.5) is 24.8 Å². The molecule has 3 fully saturated rings. The van der Waals surface area contributed by atoms with Gasteiger partial charge >= 0.3 is 0 Å². The number of rotatable bonds is 12. The molecular weight excluding hydrogens is 629 g/mol. The number of nitrogens with two attached hydrogens (primary N) is 1. The van der Waals surface area contributed by atoms with Crippen molar-refractivity contribution >= 4 is 29.3 Å². The molecule has 0 bridgehead atoms. The minimum atomic E-state index is -1.59. The molecule has 2 aliphatic carbocycles. The maximum Gasteiger partial charge on any atom is 0.205 e. The van der Waals surface area contributed by atoms with Crippen LogP contribution in [-0.4, -0.2) is 51.3 Å². The van der Waals surface area contributed by atoms with E-state index in [-0.39, 0.29) is 46.2 Å². The van der Waals surface area contributed by atoms with Crippen LogP contribution in [0.25, 0.3) is 0 Å². The molecule has 9 nitrogen and oxygen atoms in total. The summed E-state index contributed by atoms with van der Waals surface area (Å²) in [5, 5.41) is 12.4. The molecule has 0 amide bonds. The Labute approximate surface area is 274 Å². The van der Waals surface area contributed by atoms with Crippen LogP contribution in [0.3, 0.4) is 0 Å². The molecule has 13 heteroatoms. The lowest BCUT2D eigenvalue weighted by Gasteiger charge is -2.33. The second-order valence-electron chi connectivity index (χ2n) is 11.8. The maximum atomic E-state index is 15.1. The summed E-state index contributed by atoms with van der Waals surface area (Å²) >= 11 is 1.11. The predicted octanol–water partition coefficient (Wildman–Crippen LogP) is 7.35. The van der Waals surface area contributed by atoms with Gasteiger partial charge in [-0.05, 0) is 86.9 Å². The SMILES string of the molecule is N=C(c1ccc(Oc2ccccc2)cc1)c1c(N)ncnc1NC1CCCN(Sc2c(OC3CC3)c(F)c(F)c(F)c2OC2CC2)C1. The molecule has 2 heterocycles. The first kappa shape index (κ1) is 31.1. The van der Waals surface area contributed by atoms with Gasteiger partial charge < -0.3 is 25.3 Å². The van der Waals surface area contributed by atoms with Crippen molar-refractivity contribution in [1.29, 1.82) is 5.41 Å². The van der Waals surface area contributed by atoms with Crippen LogP contribution in [0.15, 0.2) is 65.8 Å². The van der Waals surface area contributed by atoms with E-state index in [4.69, 9.17) is 25.4 Å². The Hall–Kier alpha value is -4.49. The summed E-state index contributed by atoms with van der Waals surface area (Å²) in [6.07, 6.45) is 5.29. The van der Waals surface area contributed by atoms with Crippen LogP contribution >= 0.6 is 11.9 Å². The Morgan fingerprint density at radius 1 is 0.851 bits per heavy atom. The van der Waals surface area contributed by atoms with Gasteiger partial charge in [0.05, 0.1) is 23.5 Å². The third-order valence-electron chi connectivity index (χ3n) is 8.01. The lowest BCUT2D eigenvalue weighted by molar-refractivity contribution is 0.241. The molecule has 1 saturated heterocycles. The number of hydrogen-bond acceptors (Lipinski definition) is 10. The topological polar surface area (TPSA) is 119 Å². The standard InChI is InChI=1S/C34H33F3N6O3S/c35-26-27(36)30(45-23-12-13-23)32(31(28(26)37)46-24-14-15-24)47-43-16-4-5-20(17-43)42-34-25(33(39)40-18-41-34)29(38)19-8-10-22(11-9-19)44-21-6-2-1-3-7-21/h1-3,6-11,18,20,23-24,38H,4-5,12-17H2,(H3,39,40,41,42). The lowest BCUT2D eigenvalue weighted by atomic mass is 10.0. The summed E-state index contributed by atoms with van der Waals surface area (Å²) in [6.45, 7) is 1.06. The minimum Gasteiger partial charge on any atom is -0.486 e. The smallest absolute Gasteiger partial charge is 0.205 e. The van der Waals surface area contributed by atoms with Crippen LogP contribution in [-0.2, 0) is 0 Å². The molecule has 2 saturated carbocycles. The van der Waals surface area contributed by atoms with E-state index in [9.17, 15) is 4.39 Å². The summed E-state index contributed by atoms with van der Waals surface area (Å²) < 4.78 is 64.2. The third kappa shape index (κ3) is 7.10. The number of benzene rings is 3. The van der Waals surface area contributed by atoms with E-state index in [2.05, 4.69) is 15.3 Å². The number of nitrogen functional groups attached to an aromatic ring is 1. The number of nitrogens with one attached hydrogen (secondary N) is 2. The largest absolute Gasteiger partial charge is 0.486 e. The summed E-state index contributed by atoms with van der Waals surface area (Å²) in [4.78, 5) is 8.68. The summed E-state index contributed by atoms with van der Waals surface area (Å²) in [7, 11) is 0. The first-order valence-electron chi connectivity index (χ1n) is 15.6. The van der Waals surface area contributed by atoms with Gasteiger partial charge in [-0.2, -0.15) is 8.78 Å². The Balaban J connectivity index is 1.09. The van der Waals surface area contributed by atoms with Crippen LogP contribution in [0.5, 0.6) is 23.0 Å². The normalized spacial score (nSPS) is 18.1. The fourth-order valence-electron chi connectivity index (χ4n) is 5.28. The van der Waals surface area contributed by atoms with Gasteiger partial charge in [-0.15, -0.1) is 0 Å². The Kier molecular flexibility index (Phi) is 8.82. The Bertz CT molecular complexity index is 1730. The Morgan fingerprint density at radius 3 is 2.13 bits per heavy atom. The van der Waals surface area contributed by atoms with Crippen molar-refractivity contribution in [3.63, 3.8) is 0 Å². The van der Waals surface area contributed by atoms with E-state index in [1.54, 1.807) is 24.3 Å². The highest BCUT2D eigenvalue weighted by Gasteiger charge is 2.37. The van der Waals surface area contributed by atoms with Gasteiger partial charge in [-0.1, -0.05) is 18.2 Å². The van der Waals surface area contributed by atoms with Gasteiger partial charge in [0.15, 0.2) is 11.5 Å². The maximum absolute atomic E-state index is 15.1. The second kappa shape index (κ2) is 13.3. The molecule has 244 valence electrons. The third-order valence-corrected chi connectivity index (χ3v) is 9.15. The summed E-state index contributed by atoms with van der Waals surface area (Å²) in [6, 6.07) is 16.4. The Morgan fingerprint density at radius 2 is 1.49 bits per heavy atom. The van der Waals surface area contributed by atoms with Gasteiger partial charge in [-0.25, -0.2) is 18.7 Å². The van der Waals surface area contributed by atoms with E-state index < -0.39 is 17.5 Å². The minimum absolute atomic E-state index is 0.106. The average molecular weight is 663 g/mol. The van der Waals surface area contributed by atoms with Gasteiger partial charge in [0, 0.05) is 24.7 Å². The molecule has 4 N–H and O–H groups in total. The zero-order valence-electron chi connectivity index (χ0n) is 25.3. The molecule has 3 aliphatic rings. The van der Waals surface area contributed by atoms with E-state index in [1.807, 2.05) is 34.6 Å². The van der Waals surface area contributed by atoms with Crippen molar-refractivity contribution in [2.45, 2.75) is 61.7 Å². The predicted molar refractivity (Wildman–Crippen MR) is 173 cm³/mol. The van der Waals surface area contributed by atoms with Gasteiger partial charge in [-0.3, -0.25) is 5.41 Å².